The highest BCUT2D eigenvalue weighted by atomic mass is 16.6. The van der Waals surface area contributed by atoms with Crippen molar-refractivity contribution in [3.8, 4) is 5.75 Å². The number of hydrogen-bond donors (Lipinski definition) is 1. The number of benzene rings is 1. The van der Waals surface area contributed by atoms with Gasteiger partial charge in [0.2, 0.25) is 0 Å². The molecule has 1 unspecified atom stereocenters. The van der Waals surface area contributed by atoms with Crippen molar-refractivity contribution in [2.24, 2.45) is 0 Å². The molecule has 0 fully saturated rings. The Kier molecular flexibility index (Phi) is 4.82. The lowest BCUT2D eigenvalue weighted by molar-refractivity contribution is -0.137. The van der Waals surface area contributed by atoms with E-state index in [1.54, 1.807) is 30.2 Å². The Bertz CT molecular complexity index is 605. The first kappa shape index (κ1) is 17.1. The van der Waals surface area contributed by atoms with Crippen LogP contribution < -0.4 is 9.64 Å². The molecule has 0 saturated heterocycles. The normalized spacial score (nSPS) is 17.4. The molecule has 1 aliphatic rings. The van der Waals surface area contributed by atoms with Crippen molar-refractivity contribution in [1.82, 2.24) is 0 Å². The van der Waals surface area contributed by atoms with E-state index in [1.165, 1.54) is 0 Å². The highest BCUT2D eigenvalue weighted by Crippen LogP contribution is 2.39. The highest BCUT2D eigenvalue weighted by Gasteiger charge is 2.32. The predicted octanol–water partition coefficient (Wildman–Crippen LogP) is 3.40. The van der Waals surface area contributed by atoms with Crippen LogP contribution in [-0.2, 0) is 9.53 Å². The number of rotatable bonds is 3. The minimum atomic E-state index is -0.852. The third kappa shape index (κ3) is 4.15. The number of anilines is 1. The Morgan fingerprint density at radius 2 is 2.04 bits per heavy atom. The number of ether oxygens (including phenoxy) is 2. The number of aliphatic carboxylic acids is 1. The summed E-state index contributed by atoms with van der Waals surface area (Å²) in [5.74, 6) is -0.351. The zero-order valence-corrected chi connectivity index (χ0v) is 14.0. The molecule has 2 rings (SSSR count). The Morgan fingerprint density at radius 1 is 1.35 bits per heavy atom. The van der Waals surface area contributed by atoms with Gasteiger partial charge in [0.15, 0.2) is 0 Å². The molecule has 1 atom stereocenters. The molecule has 0 saturated carbocycles. The molecule has 1 aromatic rings. The molecule has 1 N–H and O–H groups in total. The summed E-state index contributed by atoms with van der Waals surface area (Å²) < 4.78 is 10.7. The summed E-state index contributed by atoms with van der Waals surface area (Å²) in [6, 6.07) is 5.35. The Labute approximate surface area is 136 Å². The Balaban J connectivity index is 2.36. The van der Waals surface area contributed by atoms with Gasteiger partial charge in [-0.05, 0) is 56.9 Å². The van der Waals surface area contributed by atoms with Crippen molar-refractivity contribution in [2.45, 2.75) is 45.1 Å². The van der Waals surface area contributed by atoms with Gasteiger partial charge in [0.1, 0.15) is 11.4 Å². The number of methoxy groups -OCH3 is 1. The SMILES string of the molecule is COc1ccc2c(c1)C(CC(=O)O)CCN2C(=O)OC(C)(C)C. The Hall–Kier alpha value is -2.24. The molecule has 1 heterocycles. The van der Waals surface area contributed by atoms with Crippen LogP contribution in [0.3, 0.4) is 0 Å². The molecule has 0 spiro atoms. The molecular weight excluding hydrogens is 298 g/mol. The first-order chi connectivity index (χ1) is 10.7. The van der Waals surface area contributed by atoms with Gasteiger partial charge in [-0.2, -0.15) is 0 Å². The number of carboxylic acid groups (broad SMARTS) is 1. The average molecular weight is 321 g/mol. The lowest BCUT2D eigenvalue weighted by Gasteiger charge is -2.35. The molecule has 6 nitrogen and oxygen atoms in total. The van der Waals surface area contributed by atoms with E-state index in [1.807, 2.05) is 20.8 Å². The van der Waals surface area contributed by atoms with E-state index in [0.717, 1.165) is 5.56 Å². The summed E-state index contributed by atoms with van der Waals surface area (Å²) in [7, 11) is 1.56. The van der Waals surface area contributed by atoms with Gasteiger partial charge in [0.25, 0.3) is 0 Å². The second-order valence-electron chi connectivity index (χ2n) is 6.64. The average Bonchev–Trinajstić information content (AvgIpc) is 2.44. The van der Waals surface area contributed by atoms with Crippen LogP contribution in [0, 0.1) is 0 Å². The lowest BCUT2D eigenvalue weighted by Crippen LogP contribution is -2.40. The molecule has 23 heavy (non-hydrogen) atoms. The van der Waals surface area contributed by atoms with Crippen LogP contribution in [0.2, 0.25) is 0 Å². The van der Waals surface area contributed by atoms with E-state index in [0.29, 0.717) is 24.4 Å². The number of hydrogen-bond acceptors (Lipinski definition) is 4. The molecule has 6 heteroatoms. The number of nitrogens with zero attached hydrogens (tertiary/aromatic N) is 1. The second kappa shape index (κ2) is 6.48. The van der Waals surface area contributed by atoms with Crippen molar-refractivity contribution < 1.29 is 24.2 Å². The maximum Gasteiger partial charge on any atom is 0.414 e. The molecule has 1 aromatic carbocycles. The molecule has 0 radical (unpaired) electrons. The van der Waals surface area contributed by atoms with Gasteiger partial charge in [-0.15, -0.1) is 0 Å². The fourth-order valence-electron chi connectivity index (χ4n) is 2.72. The number of amides is 1. The van der Waals surface area contributed by atoms with E-state index >= 15 is 0 Å². The van der Waals surface area contributed by atoms with Crippen LogP contribution in [0.25, 0.3) is 0 Å². The van der Waals surface area contributed by atoms with E-state index < -0.39 is 17.7 Å². The van der Waals surface area contributed by atoms with Gasteiger partial charge in [-0.3, -0.25) is 9.69 Å². The summed E-state index contributed by atoms with van der Waals surface area (Å²) in [5, 5.41) is 9.11. The lowest BCUT2D eigenvalue weighted by atomic mass is 9.87. The zero-order chi connectivity index (χ0) is 17.2. The molecule has 126 valence electrons. The van der Waals surface area contributed by atoms with E-state index in [9.17, 15) is 9.59 Å². The van der Waals surface area contributed by atoms with Gasteiger partial charge in [0.05, 0.1) is 19.2 Å². The first-order valence-electron chi connectivity index (χ1n) is 7.61. The van der Waals surface area contributed by atoms with Gasteiger partial charge in [-0.1, -0.05) is 0 Å². The summed E-state index contributed by atoms with van der Waals surface area (Å²) >= 11 is 0. The maximum atomic E-state index is 12.4. The summed E-state index contributed by atoms with van der Waals surface area (Å²) in [5.41, 5.74) is 0.920. The van der Waals surface area contributed by atoms with Gasteiger partial charge in [-0.25, -0.2) is 4.79 Å². The highest BCUT2D eigenvalue weighted by molar-refractivity contribution is 5.90. The molecule has 1 aliphatic heterocycles. The van der Waals surface area contributed by atoms with Crippen molar-refractivity contribution in [1.29, 1.82) is 0 Å². The summed E-state index contributed by atoms with van der Waals surface area (Å²) in [4.78, 5) is 25.1. The zero-order valence-electron chi connectivity index (χ0n) is 14.0. The minimum absolute atomic E-state index is 0.0301. The van der Waals surface area contributed by atoms with Crippen molar-refractivity contribution >= 4 is 17.7 Å². The molecule has 0 aromatic heterocycles. The third-order valence-electron chi connectivity index (χ3n) is 3.70. The third-order valence-corrected chi connectivity index (χ3v) is 3.70. The van der Waals surface area contributed by atoms with Gasteiger partial charge >= 0.3 is 12.1 Å². The standard InChI is InChI=1S/C17H23NO5/c1-17(2,3)23-16(21)18-8-7-11(9-15(19)20)13-10-12(22-4)5-6-14(13)18/h5-6,10-11H,7-9H2,1-4H3,(H,19,20). The minimum Gasteiger partial charge on any atom is -0.497 e. The van der Waals surface area contributed by atoms with Crippen molar-refractivity contribution in [3.05, 3.63) is 23.8 Å². The van der Waals surface area contributed by atoms with E-state index in [4.69, 9.17) is 14.6 Å². The fourth-order valence-corrected chi connectivity index (χ4v) is 2.72. The molecule has 0 aliphatic carbocycles. The number of carboxylic acids is 1. The maximum absolute atomic E-state index is 12.4. The van der Waals surface area contributed by atoms with Gasteiger partial charge < -0.3 is 14.6 Å². The number of carbonyl (C=O) groups is 2. The van der Waals surface area contributed by atoms with Crippen LogP contribution in [-0.4, -0.2) is 36.4 Å². The molecular formula is C17H23NO5. The summed E-state index contributed by atoms with van der Waals surface area (Å²) in [6.07, 6.45) is 0.186. The number of fused-ring (bicyclic) bond motifs is 1. The van der Waals surface area contributed by atoms with Crippen LogP contribution in [0.1, 0.15) is 45.1 Å². The van der Waals surface area contributed by atoms with Crippen molar-refractivity contribution in [2.75, 3.05) is 18.6 Å². The van der Waals surface area contributed by atoms with Crippen LogP contribution in [0.5, 0.6) is 5.75 Å². The van der Waals surface area contributed by atoms with Crippen LogP contribution >= 0.6 is 0 Å². The number of carbonyl (C=O) groups excluding carboxylic acids is 1. The van der Waals surface area contributed by atoms with Crippen molar-refractivity contribution in [3.63, 3.8) is 0 Å². The smallest absolute Gasteiger partial charge is 0.414 e. The fraction of sp³-hybridized carbons (Fsp3) is 0.529. The largest absolute Gasteiger partial charge is 0.497 e. The monoisotopic (exact) mass is 321 g/mol. The topological polar surface area (TPSA) is 76.1 Å². The van der Waals surface area contributed by atoms with Crippen LogP contribution in [0.4, 0.5) is 10.5 Å². The van der Waals surface area contributed by atoms with Crippen LogP contribution in [0.15, 0.2) is 18.2 Å². The first-order valence-corrected chi connectivity index (χ1v) is 7.61. The quantitative estimate of drug-likeness (QED) is 0.923. The van der Waals surface area contributed by atoms with E-state index in [-0.39, 0.29) is 12.3 Å². The predicted molar refractivity (Wildman–Crippen MR) is 86.2 cm³/mol. The molecule has 1 amide bonds. The van der Waals surface area contributed by atoms with Gasteiger partial charge in [0, 0.05) is 6.54 Å². The molecule has 0 bridgehead atoms. The summed E-state index contributed by atoms with van der Waals surface area (Å²) in [6.45, 7) is 5.89. The second-order valence-corrected chi connectivity index (χ2v) is 6.64. The van der Waals surface area contributed by atoms with E-state index in [2.05, 4.69) is 0 Å². The Morgan fingerprint density at radius 3 is 2.61 bits per heavy atom.